The lowest BCUT2D eigenvalue weighted by molar-refractivity contribution is 0.0572. The molecule has 24 heavy (non-hydrogen) atoms. The average molecular weight is 352 g/mol. The fourth-order valence-corrected chi connectivity index (χ4v) is 3.84. The number of amides is 2. The number of anilines is 1. The van der Waals surface area contributed by atoms with Gasteiger partial charge in [-0.1, -0.05) is 17.7 Å². The van der Waals surface area contributed by atoms with Crippen molar-refractivity contribution in [2.24, 2.45) is 0 Å². The number of nitrogens with zero attached hydrogens (tertiary/aromatic N) is 2. The van der Waals surface area contributed by atoms with Gasteiger partial charge in [0.15, 0.2) is 0 Å². The van der Waals surface area contributed by atoms with Crippen LogP contribution in [-0.4, -0.2) is 61.3 Å². The second-order valence-electron chi connectivity index (χ2n) is 6.79. The summed E-state index contributed by atoms with van der Waals surface area (Å²) in [6.45, 7) is 9.11. The van der Waals surface area contributed by atoms with Crippen molar-refractivity contribution in [3.8, 4) is 0 Å². The molecule has 2 amide bonds. The van der Waals surface area contributed by atoms with Crippen LogP contribution in [0.25, 0.3) is 0 Å². The summed E-state index contributed by atoms with van der Waals surface area (Å²) < 4.78 is 5.70. The summed E-state index contributed by atoms with van der Waals surface area (Å²) in [7, 11) is 0. The number of piperazine rings is 1. The van der Waals surface area contributed by atoms with Crippen molar-refractivity contribution in [3.63, 3.8) is 0 Å². The molecule has 1 unspecified atom stereocenters. The summed E-state index contributed by atoms with van der Waals surface area (Å²) in [6, 6.07) is 3.84. The topological polar surface area (TPSA) is 44.8 Å². The van der Waals surface area contributed by atoms with Crippen molar-refractivity contribution in [3.05, 3.63) is 28.3 Å². The molecule has 0 spiro atoms. The van der Waals surface area contributed by atoms with Gasteiger partial charge >= 0.3 is 6.03 Å². The van der Waals surface area contributed by atoms with Crippen LogP contribution in [0.2, 0.25) is 5.02 Å². The van der Waals surface area contributed by atoms with Crippen LogP contribution < -0.4 is 5.32 Å². The number of carbonyl (C=O) groups excluding carboxylic acids is 1. The molecule has 0 radical (unpaired) electrons. The predicted octanol–water partition coefficient (Wildman–Crippen LogP) is 3.29. The van der Waals surface area contributed by atoms with Crippen LogP contribution in [-0.2, 0) is 4.74 Å². The van der Waals surface area contributed by atoms with E-state index < -0.39 is 0 Å². The number of urea groups is 1. The summed E-state index contributed by atoms with van der Waals surface area (Å²) in [5, 5.41) is 3.57. The monoisotopic (exact) mass is 351 g/mol. The minimum atomic E-state index is -0.0689. The molecular formula is C18H26ClN3O2. The van der Waals surface area contributed by atoms with Gasteiger partial charge in [0.05, 0.1) is 16.8 Å². The fourth-order valence-electron chi connectivity index (χ4n) is 3.47. The summed E-state index contributed by atoms with van der Waals surface area (Å²) in [5.41, 5.74) is 2.80. The highest BCUT2D eigenvalue weighted by atomic mass is 35.5. The van der Waals surface area contributed by atoms with Crippen LogP contribution in [0.1, 0.15) is 24.0 Å². The second kappa shape index (κ2) is 7.72. The first kappa shape index (κ1) is 17.5. The van der Waals surface area contributed by atoms with Crippen molar-refractivity contribution in [2.45, 2.75) is 32.8 Å². The third kappa shape index (κ3) is 4.21. The average Bonchev–Trinajstić information content (AvgIpc) is 3.04. The largest absolute Gasteiger partial charge is 0.377 e. The summed E-state index contributed by atoms with van der Waals surface area (Å²) in [5.74, 6) is 0. The third-order valence-electron chi connectivity index (χ3n) is 4.81. The van der Waals surface area contributed by atoms with Gasteiger partial charge in [-0.15, -0.1) is 0 Å². The van der Waals surface area contributed by atoms with Gasteiger partial charge in [0, 0.05) is 39.3 Å². The Morgan fingerprint density at radius 3 is 2.67 bits per heavy atom. The Morgan fingerprint density at radius 1 is 1.29 bits per heavy atom. The van der Waals surface area contributed by atoms with E-state index in [1.54, 1.807) is 0 Å². The Labute approximate surface area is 148 Å². The lowest BCUT2D eigenvalue weighted by Crippen LogP contribution is -2.51. The molecule has 1 aromatic carbocycles. The second-order valence-corrected chi connectivity index (χ2v) is 7.20. The van der Waals surface area contributed by atoms with Gasteiger partial charge in [0.25, 0.3) is 0 Å². The van der Waals surface area contributed by atoms with Gasteiger partial charge < -0.3 is 15.0 Å². The van der Waals surface area contributed by atoms with E-state index in [2.05, 4.69) is 10.2 Å². The number of halogens is 1. The molecule has 0 saturated carbocycles. The van der Waals surface area contributed by atoms with Crippen LogP contribution in [0.4, 0.5) is 10.5 Å². The van der Waals surface area contributed by atoms with Crippen LogP contribution >= 0.6 is 11.6 Å². The Balaban J connectivity index is 1.52. The number of aryl methyl sites for hydroxylation is 2. The first-order valence-electron chi connectivity index (χ1n) is 8.69. The van der Waals surface area contributed by atoms with Crippen LogP contribution in [0, 0.1) is 13.8 Å². The number of nitrogens with one attached hydrogen (secondary N) is 1. The highest BCUT2D eigenvalue weighted by molar-refractivity contribution is 6.34. The predicted molar refractivity (Wildman–Crippen MR) is 96.9 cm³/mol. The van der Waals surface area contributed by atoms with Crippen molar-refractivity contribution >= 4 is 23.3 Å². The van der Waals surface area contributed by atoms with Gasteiger partial charge in [-0.3, -0.25) is 4.90 Å². The van der Waals surface area contributed by atoms with E-state index in [-0.39, 0.29) is 6.03 Å². The molecule has 1 atom stereocenters. The molecule has 2 saturated heterocycles. The summed E-state index contributed by atoms with van der Waals surface area (Å²) in [6.07, 6.45) is 2.70. The normalized spacial score (nSPS) is 22.0. The third-order valence-corrected chi connectivity index (χ3v) is 5.11. The van der Waals surface area contributed by atoms with E-state index >= 15 is 0 Å². The smallest absolute Gasteiger partial charge is 0.321 e. The molecule has 2 aliphatic rings. The van der Waals surface area contributed by atoms with Gasteiger partial charge in [-0.05, 0) is 43.9 Å². The van der Waals surface area contributed by atoms with E-state index in [4.69, 9.17) is 16.3 Å². The van der Waals surface area contributed by atoms with E-state index in [9.17, 15) is 4.79 Å². The Morgan fingerprint density at radius 2 is 2.04 bits per heavy atom. The molecule has 1 N–H and O–H groups in total. The molecule has 0 aromatic heterocycles. The molecule has 132 valence electrons. The first-order valence-corrected chi connectivity index (χ1v) is 9.07. The highest BCUT2D eigenvalue weighted by Crippen LogP contribution is 2.27. The molecule has 2 aliphatic heterocycles. The van der Waals surface area contributed by atoms with E-state index in [1.807, 2.05) is 30.9 Å². The van der Waals surface area contributed by atoms with Gasteiger partial charge in [0.2, 0.25) is 0 Å². The zero-order valence-corrected chi connectivity index (χ0v) is 15.2. The quantitative estimate of drug-likeness (QED) is 0.908. The lowest BCUT2D eigenvalue weighted by atomic mass is 10.1. The van der Waals surface area contributed by atoms with Gasteiger partial charge in [0.1, 0.15) is 0 Å². The summed E-state index contributed by atoms with van der Waals surface area (Å²) in [4.78, 5) is 16.8. The molecule has 3 rings (SSSR count). The van der Waals surface area contributed by atoms with Crippen molar-refractivity contribution in [1.29, 1.82) is 0 Å². The number of rotatable bonds is 3. The van der Waals surface area contributed by atoms with Crippen LogP contribution in [0.15, 0.2) is 12.1 Å². The van der Waals surface area contributed by atoms with Crippen molar-refractivity contribution < 1.29 is 9.53 Å². The maximum atomic E-state index is 12.5. The molecule has 0 aliphatic carbocycles. The minimum absolute atomic E-state index is 0.0689. The van der Waals surface area contributed by atoms with Crippen LogP contribution in [0.3, 0.4) is 0 Å². The highest BCUT2D eigenvalue weighted by Gasteiger charge is 2.25. The van der Waals surface area contributed by atoms with Gasteiger partial charge in [-0.2, -0.15) is 0 Å². The van der Waals surface area contributed by atoms with Gasteiger partial charge in [-0.25, -0.2) is 4.79 Å². The summed E-state index contributed by atoms with van der Waals surface area (Å²) >= 11 is 6.28. The Hall–Kier alpha value is -1.30. The number of carbonyl (C=O) groups is 1. The first-order chi connectivity index (χ1) is 11.5. The Bertz CT molecular complexity index is 571. The molecule has 2 heterocycles. The zero-order chi connectivity index (χ0) is 17.1. The standard InChI is InChI=1S/C18H26ClN3O2/c1-13-10-14(2)17(16(19)11-13)20-18(23)22-7-5-21(6-8-22)12-15-4-3-9-24-15/h10-11,15H,3-9,12H2,1-2H3,(H,20,23). The molecule has 1 aromatic rings. The van der Waals surface area contributed by atoms with Crippen molar-refractivity contribution in [1.82, 2.24) is 9.80 Å². The number of hydrogen-bond acceptors (Lipinski definition) is 3. The SMILES string of the molecule is Cc1cc(C)c(NC(=O)N2CCN(CC3CCCO3)CC2)c(Cl)c1. The maximum Gasteiger partial charge on any atom is 0.321 e. The molecule has 5 nitrogen and oxygen atoms in total. The number of ether oxygens (including phenoxy) is 1. The molecular weight excluding hydrogens is 326 g/mol. The number of benzene rings is 1. The maximum absolute atomic E-state index is 12.5. The molecule has 0 bridgehead atoms. The van der Waals surface area contributed by atoms with E-state index in [0.29, 0.717) is 16.8 Å². The lowest BCUT2D eigenvalue weighted by Gasteiger charge is -2.35. The molecule has 6 heteroatoms. The molecule has 2 fully saturated rings. The van der Waals surface area contributed by atoms with E-state index in [0.717, 1.165) is 56.9 Å². The Kier molecular flexibility index (Phi) is 5.64. The van der Waals surface area contributed by atoms with E-state index in [1.165, 1.54) is 6.42 Å². The number of hydrogen-bond donors (Lipinski definition) is 1. The zero-order valence-electron chi connectivity index (χ0n) is 14.5. The minimum Gasteiger partial charge on any atom is -0.377 e. The van der Waals surface area contributed by atoms with Crippen molar-refractivity contribution in [2.75, 3.05) is 44.6 Å². The fraction of sp³-hybridized carbons (Fsp3) is 0.611. The van der Waals surface area contributed by atoms with Crippen LogP contribution in [0.5, 0.6) is 0 Å².